The van der Waals surface area contributed by atoms with Crippen LogP contribution in [0.3, 0.4) is 0 Å². The summed E-state index contributed by atoms with van der Waals surface area (Å²) in [5, 5.41) is 0.605. The van der Waals surface area contributed by atoms with Crippen molar-refractivity contribution in [1.82, 2.24) is 4.90 Å². The Morgan fingerprint density at radius 3 is 2.57 bits per heavy atom. The zero-order valence-electron chi connectivity index (χ0n) is 18.7. The molecule has 1 aliphatic rings. The molecule has 186 valence electrons. The number of fused-ring (bicyclic) bond motifs is 1. The summed E-state index contributed by atoms with van der Waals surface area (Å²) in [6.45, 7) is 0.0856. The van der Waals surface area contributed by atoms with E-state index in [0.717, 1.165) is 26.9 Å². The van der Waals surface area contributed by atoms with Crippen LogP contribution >= 0.6 is 62.8 Å². The molecule has 37 heavy (non-hydrogen) atoms. The molecule has 6 nitrogen and oxygen atoms in total. The topological polar surface area (TPSA) is 76.8 Å². The number of ether oxygens (including phenoxy) is 1. The fourth-order valence-electron chi connectivity index (χ4n) is 3.64. The van der Waals surface area contributed by atoms with Crippen LogP contribution in [-0.4, -0.2) is 27.6 Å². The number of benzene rings is 3. The average Bonchev–Trinajstić information content (AvgIpc) is 3.37. The summed E-state index contributed by atoms with van der Waals surface area (Å²) in [5.41, 5.74) is 2.69. The van der Waals surface area contributed by atoms with Crippen molar-refractivity contribution >= 4 is 95.4 Å². The molecule has 2 heterocycles. The number of amides is 1. The van der Waals surface area contributed by atoms with Crippen LogP contribution in [0.25, 0.3) is 27.5 Å². The van der Waals surface area contributed by atoms with Gasteiger partial charge in [-0.2, -0.15) is 0 Å². The molecule has 5 rings (SSSR count). The zero-order chi connectivity index (χ0) is 26.1. The van der Waals surface area contributed by atoms with E-state index in [9.17, 15) is 14.4 Å². The largest absolute Gasteiger partial charge is 0.426 e. The highest BCUT2D eigenvalue weighted by Crippen LogP contribution is 2.36. The number of halogens is 2. The molecule has 4 aromatic rings. The summed E-state index contributed by atoms with van der Waals surface area (Å²) in [7, 11) is 0. The summed E-state index contributed by atoms with van der Waals surface area (Å²) in [4.78, 5) is 38.9. The first kappa shape index (κ1) is 25.9. The Labute approximate surface area is 238 Å². The smallest absolute Gasteiger partial charge is 0.396 e. The van der Waals surface area contributed by atoms with Crippen LogP contribution in [0.5, 0.6) is 5.75 Å². The molecule has 1 aromatic heterocycles. The first-order chi connectivity index (χ1) is 17.8. The third-order valence-electron chi connectivity index (χ3n) is 5.37. The normalized spacial score (nSPS) is 14.6. The first-order valence-corrected chi connectivity index (χ1v) is 14.0. The van der Waals surface area contributed by atoms with Gasteiger partial charge in [0.15, 0.2) is 5.58 Å². The maximum absolute atomic E-state index is 12.9. The second-order valence-corrected chi connectivity index (χ2v) is 11.9. The number of carbonyl (C=O) groups is 2. The molecule has 1 saturated heterocycles. The van der Waals surface area contributed by atoms with Gasteiger partial charge in [0.25, 0.3) is 5.91 Å². The Balaban J connectivity index is 1.30. The fraction of sp³-hybridized carbons (Fsp3) is 0.0769. The van der Waals surface area contributed by atoms with Crippen LogP contribution in [0, 0.1) is 0 Å². The van der Waals surface area contributed by atoms with Crippen LogP contribution in [0.2, 0.25) is 5.02 Å². The monoisotopic (exact) mass is 631 g/mol. The minimum absolute atomic E-state index is 0.0616. The van der Waals surface area contributed by atoms with Crippen molar-refractivity contribution in [2.75, 3.05) is 6.54 Å². The Bertz CT molecular complexity index is 1630. The van der Waals surface area contributed by atoms with Gasteiger partial charge in [0.05, 0.1) is 16.0 Å². The van der Waals surface area contributed by atoms with Gasteiger partial charge in [0, 0.05) is 27.7 Å². The lowest BCUT2D eigenvalue weighted by Gasteiger charge is -2.14. The molecular weight excluding hydrogens is 618 g/mol. The second kappa shape index (κ2) is 10.9. The molecule has 3 aromatic carbocycles. The van der Waals surface area contributed by atoms with Gasteiger partial charge in [0.1, 0.15) is 10.1 Å². The van der Waals surface area contributed by atoms with Gasteiger partial charge in [-0.15, -0.1) is 0 Å². The molecule has 1 aliphatic heterocycles. The number of esters is 1. The van der Waals surface area contributed by atoms with Crippen molar-refractivity contribution in [3.8, 4) is 16.9 Å². The van der Waals surface area contributed by atoms with Crippen molar-refractivity contribution in [2.24, 2.45) is 0 Å². The van der Waals surface area contributed by atoms with E-state index in [1.165, 1.54) is 16.7 Å². The highest BCUT2D eigenvalue weighted by Gasteiger charge is 2.32. The third-order valence-corrected chi connectivity index (χ3v) is 8.31. The lowest BCUT2D eigenvalue weighted by atomic mass is 10.0. The number of thiocarbonyl (C=S) groups is 1. The van der Waals surface area contributed by atoms with Gasteiger partial charge in [0.2, 0.25) is 0 Å². The summed E-state index contributed by atoms with van der Waals surface area (Å²) in [6, 6.07) is 17.8. The van der Waals surface area contributed by atoms with Crippen LogP contribution in [0.15, 0.2) is 79.3 Å². The van der Waals surface area contributed by atoms with Crippen molar-refractivity contribution in [1.29, 1.82) is 0 Å². The molecular formula is C26H15BrClNO5S3. The Morgan fingerprint density at radius 1 is 1.11 bits per heavy atom. The average molecular weight is 633 g/mol. The summed E-state index contributed by atoms with van der Waals surface area (Å²) < 4.78 is 12.8. The van der Waals surface area contributed by atoms with Crippen LogP contribution in [-0.2, 0) is 9.59 Å². The predicted molar refractivity (Wildman–Crippen MR) is 155 cm³/mol. The van der Waals surface area contributed by atoms with Gasteiger partial charge in [-0.05, 0) is 47.5 Å². The number of hydrogen-bond acceptors (Lipinski definition) is 8. The Kier molecular flexibility index (Phi) is 7.64. The summed E-state index contributed by atoms with van der Waals surface area (Å²) in [5.74, 6) is -0.520. The predicted octanol–water partition coefficient (Wildman–Crippen LogP) is 7.13. The number of thioether (sulfide) groups is 1. The van der Waals surface area contributed by atoms with E-state index < -0.39 is 10.9 Å². The highest BCUT2D eigenvalue weighted by atomic mass is 79.9. The van der Waals surface area contributed by atoms with E-state index in [4.69, 9.17) is 33.0 Å². The molecule has 11 heteroatoms. The van der Waals surface area contributed by atoms with Gasteiger partial charge in [-0.3, -0.25) is 14.5 Å². The number of hydrogen-bond donors (Lipinski definition) is 0. The lowest BCUT2D eigenvalue weighted by molar-refractivity contribution is -0.134. The second-order valence-electron chi connectivity index (χ2n) is 7.87. The maximum atomic E-state index is 12.9. The number of nitrogens with zero attached hydrogens (tertiary/aromatic N) is 1. The SMILES string of the molecule is O=C(CCN1C(=O)/C(=C/c2ccc(Cl)cc2)SC1=S)Oc1cc(-c2ccc(Br)cc2)c2oc(=O)sc2c1. The number of carbonyl (C=O) groups excluding carboxylic acids is 2. The minimum atomic E-state index is -0.535. The molecule has 0 saturated carbocycles. The molecule has 1 fully saturated rings. The van der Waals surface area contributed by atoms with E-state index in [0.29, 0.717) is 30.1 Å². The van der Waals surface area contributed by atoms with Gasteiger partial charge in [-0.1, -0.05) is 87.1 Å². The standard InChI is InChI=1S/C26H15BrClNO5S3/c27-16-5-3-15(4-6-16)19-12-18(13-20-23(19)34-26(32)37-20)33-22(30)9-10-29-24(31)21(36-25(29)35)11-14-1-7-17(28)8-2-14/h1-8,11-13H,9-10H2/b21-11-. The molecule has 0 radical (unpaired) electrons. The van der Waals surface area contributed by atoms with E-state index in [1.54, 1.807) is 30.3 Å². The van der Waals surface area contributed by atoms with Crippen molar-refractivity contribution < 1.29 is 18.7 Å². The zero-order valence-corrected chi connectivity index (χ0v) is 23.5. The van der Waals surface area contributed by atoms with Crippen LogP contribution < -0.4 is 9.68 Å². The van der Waals surface area contributed by atoms with E-state index in [1.807, 2.05) is 36.4 Å². The lowest BCUT2D eigenvalue weighted by Crippen LogP contribution is -2.31. The number of rotatable bonds is 6. The quantitative estimate of drug-likeness (QED) is 0.0968. The maximum Gasteiger partial charge on any atom is 0.396 e. The van der Waals surface area contributed by atoms with Crippen LogP contribution in [0.4, 0.5) is 0 Å². The molecule has 0 aliphatic carbocycles. The van der Waals surface area contributed by atoms with Gasteiger partial charge < -0.3 is 9.15 Å². The molecule has 0 unspecified atom stereocenters. The van der Waals surface area contributed by atoms with Gasteiger partial charge >= 0.3 is 10.9 Å². The van der Waals surface area contributed by atoms with Gasteiger partial charge in [-0.25, -0.2) is 4.79 Å². The van der Waals surface area contributed by atoms with E-state index >= 15 is 0 Å². The molecule has 0 bridgehead atoms. The van der Waals surface area contributed by atoms with E-state index in [-0.39, 0.29) is 24.6 Å². The third kappa shape index (κ3) is 5.89. The first-order valence-electron chi connectivity index (χ1n) is 10.8. The van der Waals surface area contributed by atoms with E-state index in [2.05, 4.69) is 15.9 Å². The Hall–Kier alpha value is -2.76. The summed E-state index contributed by atoms with van der Waals surface area (Å²) in [6.07, 6.45) is 1.68. The minimum Gasteiger partial charge on any atom is -0.426 e. The highest BCUT2D eigenvalue weighted by molar-refractivity contribution is 9.10. The molecule has 0 spiro atoms. The van der Waals surface area contributed by atoms with Crippen molar-refractivity contribution in [3.63, 3.8) is 0 Å². The van der Waals surface area contributed by atoms with Crippen molar-refractivity contribution in [3.05, 3.63) is 90.4 Å². The molecule has 1 amide bonds. The summed E-state index contributed by atoms with van der Waals surface area (Å²) >= 11 is 16.8. The molecule has 0 atom stereocenters. The Morgan fingerprint density at radius 2 is 1.84 bits per heavy atom. The van der Waals surface area contributed by atoms with Crippen LogP contribution in [0.1, 0.15) is 12.0 Å². The molecule has 0 N–H and O–H groups in total. The van der Waals surface area contributed by atoms with Crippen molar-refractivity contribution in [2.45, 2.75) is 6.42 Å². The fourth-order valence-corrected chi connectivity index (χ4v) is 6.07.